The lowest BCUT2D eigenvalue weighted by Gasteiger charge is -2.28. The molecule has 3 heteroatoms. The number of nitrogens with zero attached hydrogens (tertiary/aromatic N) is 1. The Kier molecular flexibility index (Phi) is 5.45. The lowest BCUT2D eigenvalue weighted by Crippen LogP contribution is -2.25. The first-order chi connectivity index (χ1) is 8.10. The summed E-state index contributed by atoms with van der Waals surface area (Å²) in [5.41, 5.74) is 6.96. The molecule has 17 heavy (non-hydrogen) atoms. The number of nitrogens with two attached hydrogens (primary N) is 1. The zero-order chi connectivity index (χ0) is 12.8. The zero-order valence-electron chi connectivity index (χ0n) is 11.3. The van der Waals surface area contributed by atoms with Crippen LogP contribution in [0.25, 0.3) is 0 Å². The summed E-state index contributed by atoms with van der Waals surface area (Å²) in [6, 6.07) is 8.55. The summed E-state index contributed by atoms with van der Waals surface area (Å²) < 4.78 is 5.43. The smallest absolute Gasteiger partial charge is 0.123 e. The number of methoxy groups -OCH3 is 1. The minimum Gasteiger partial charge on any atom is -0.496 e. The van der Waals surface area contributed by atoms with Gasteiger partial charge >= 0.3 is 0 Å². The SMILES string of the molecule is COc1ccccc1C(CC(C)CN)N(C)C. The Bertz CT molecular complexity index is 339. The van der Waals surface area contributed by atoms with Crippen molar-refractivity contribution in [3.63, 3.8) is 0 Å². The summed E-state index contributed by atoms with van der Waals surface area (Å²) in [7, 11) is 5.92. The number of hydrogen-bond acceptors (Lipinski definition) is 3. The molecule has 0 bridgehead atoms. The van der Waals surface area contributed by atoms with E-state index in [0.717, 1.165) is 18.7 Å². The van der Waals surface area contributed by atoms with Crippen molar-refractivity contribution in [2.45, 2.75) is 19.4 Å². The molecule has 0 aliphatic heterocycles. The Hall–Kier alpha value is -1.06. The van der Waals surface area contributed by atoms with Crippen LogP contribution in [0.5, 0.6) is 5.75 Å². The zero-order valence-corrected chi connectivity index (χ0v) is 11.3. The number of rotatable bonds is 6. The van der Waals surface area contributed by atoms with Crippen LogP contribution >= 0.6 is 0 Å². The molecule has 1 rings (SSSR count). The average molecular weight is 236 g/mol. The Labute approximate surface area is 105 Å². The molecule has 0 fully saturated rings. The van der Waals surface area contributed by atoms with Gasteiger partial charge in [-0.25, -0.2) is 0 Å². The molecule has 0 saturated carbocycles. The van der Waals surface area contributed by atoms with Gasteiger partial charge in [0.25, 0.3) is 0 Å². The standard InChI is InChI=1S/C14H24N2O/c1-11(10-15)9-13(16(2)3)12-7-5-6-8-14(12)17-4/h5-8,11,13H,9-10,15H2,1-4H3. The van der Waals surface area contributed by atoms with Crippen molar-refractivity contribution >= 4 is 0 Å². The molecule has 2 atom stereocenters. The molecule has 3 nitrogen and oxygen atoms in total. The van der Waals surface area contributed by atoms with E-state index in [1.54, 1.807) is 7.11 Å². The highest BCUT2D eigenvalue weighted by atomic mass is 16.5. The van der Waals surface area contributed by atoms with E-state index in [-0.39, 0.29) is 0 Å². The van der Waals surface area contributed by atoms with Gasteiger partial charge in [0.1, 0.15) is 5.75 Å². The second-order valence-corrected chi connectivity index (χ2v) is 4.80. The fraction of sp³-hybridized carbons (Fsp3) is 0.571. The minimum atomic E-state index is 0.352. The largest absolute Gasteiger partial charge is 0.496 e. The van der Waals surface area contributed by atoms with E-state index in [1.807, 2.05) is 12.1 Å². The number of ether oxygens (including phenoxy) is 1. The van der Waals surface area contributed by atoms with E-state index in [9.17, 15) is 0 Å². The predicted octanol–water partition coefficient (Wildman–Crippen LogP) is 2.28. The third kappa shape index (κ3) is 3.72. The number of benzene rings is 1. The van der Waals surface area contributed by atoms with Gasteiger partial charge in [-0.3, -0.25) is 0 Å². The van der Waals surface area contributed by atoms with Crippen LogP contribution in [0.15, 0.2) is 24.3 Å². The van der Waals surface area contributed by atoms with Crippen LogP contribution in [0.3, 0.4) is 0 Å². The van der Waals surface area contributed by atoms with Crippen LogP contribution in [0.4, 0.5) is 0 Å². The van der Waals surface area contributed by atoms with Crippen LogP contribution in [0.1, 0.15) is 24.9 Å². The van der Waals surface area contributed by atoms with Gasteiger partial charge in [-0.05, 0) is 39.0 Å². The summed E-state index contributed by atoms with van der Waals surface area (Å²) in [4.78, 5) is 2.23. The van der Waals surface area contributed by atoms with Gasteiger partial charge in [0.05, 0.1) is 7.11 Å². The Morgan fingerprint density at radius 3 is 2.47 bits per heavy atom. The number of para-hydroxylation sites is 1. The van der Waals surface area contributed by atoms with Gasteiger partial charge < -0.3 is 15.4 Å². The van der Waals surface area contributed by atoms with Crippen LogP contribution in [-0.2, 0) is 0 Å². The fourth-order valence-corrected chi connectivity index (χ4v) is 2.04. The Morgan fingerprint density at radius 1 is 1.29 bits per heavy atom. The van der Waals surface area contributed by atoms with Crippen LogP contribution in [0, 0.1) is 5.92 Å². The first-order valence-electron chi connectivity index (χ1n) is 6.09. The van der Waals surface area contributed by atoms with Crippen molar-refractivity contribution in [1.82, 2.24) is 4.90 Å². The molecular formula is C14H24N2O. The van der Waals surface area contributed by atoms with Crippen LogP contribution in [0.2, 0.25) is 0 Å². The van der Waals surface area contributed by atoms with E-state index in [4.69, 9.17) is 10.5 Å². The first-order valence-corrected chi connectivity index (χ1v) is 6.09. The quantitative estimate of drug-likeness (QED) is 0.823. The van der Waals surface area contributed by atoms with Crippen LogP contribution < -0.4 is 10.5 Å². The highest BCUT2D eigenvalue weighted by molar-refractivity contribution is 5.35. The molecular weight excluding hydrogens is 212 g/mol. The molecule has 2 N–H and O–H groups in total. The van der Waals surface area contributed by atoms with Gasteiger partial charge in [-0.1, -0.05) is 25.1 Å². The van der Waals surface area contributed by atoms with Crippen molar-refractivity contribution in [2.24, 2.45) is 11.7 Å². The van der Waals surface area contributed by atoms with Gasteiger partial charge in [0.15, 0.2) is 0 Å². The Balaban J connectivity index is 2.96. The molecule has 0 spiro atoms. The fourth-order valence-electron chi connectivity index (χ4n) is 2.04. The lowest BCUT2D eigenvalue weighted by molar-refractivity contribution is 0.248. The number of hydrogen-bond donors (Lipinski definition) is 1. The molecule has 0 amide bonds. The second kappa shape index (κ2) is 6.62. The summed E-state index contributed by atoms with van der Waals surface area (Å²) in [5, 5.41) is 0. The molecule has 1 aromatic rings. The predicted molar refractivity (Wildman–Crippen MR) is 72.3 cm³/mol. The van der Waals surface area contributed by atoms with Crippen molar-refractivity contribution < 1.29 is 4.74 Å². The van der Waals surface area contributed by atoms with Gasteiger partial charge in [0.2, 0.25) is 0 Å². The maximum absolute atomic E-state index is 5.72. The van der Waals surface area contributed by atoms with E-state index >= 15 is 0 Å². The molecule has 96 valence electrons. The molecule has 0 heterocycles. The van der Waals surface area contributed by atoms with Crippen molar-refractivity contribution in [1.29, 1.82) is 0 Å². The summed E-state index contributed by atoms with van der Waals surface area (Å²) in [6.07, 6.45) is 1.05. The van der Waals surface area contributed by atoms with Crippen molar-refractivity contribution in [3.05, 3.63) is 29.8 Å². The minimum absolute atomic E-state index is 0.352. The Morgan fingerprint density at radius 2 is 1.94 bits per heavy atom. The highest BCUT2D eigenvalue weighted by Crippen LogP contribution is 2.32. The van der Waals surface area contributed by atoms with Crippen LogP contribution in [-0.4, -0.2) is 32.6 Å². The maximum Gasteiger partial charge on any atom is 0.123 e. The second-order valence-electron chi connectivity index (χ2n) is 4.80. The van der Waals surface area contributed by atoms with Crippen molar-refractivity contribution in [2.75, 3.05) is 27.7 Å². The van der Waals surface area contributed by atoms with Gasteiger partial charge in [-0.2, -0.15) is 0 Å². The third-order valence-corrected chi connectivity index (χ3v) is 3.15. The molecule has 0 aliphatic carbocycles. The maximum atomic E-state index is 5.72. The normalized spacial score (nSPS) is 14.7. The first kappa shape index (κ1) is 14.0. The topological polar surface area (TPSA) is 38.5 Å². The molecule has 0 radical (unpaired) electrons. The van der Waals surface area contributed by atoms with E-state index < -0.39 is 0 Å². The van der Waals surface area contributed by atoms with Gasteiger partial charge in [-0.15, -0.1) is 0 Å². The molecule has 2 unspecified atom stereocenters. The molecule has 0 aromatic heterocycles. The van der Waals surface area contributed by atoms with E-state index in [2.05, 4.69) is 38.1 Å². The lowest BCUT2D eigenvalue weighted by atomic mass is 9.94. The summed E-state index contributed by atoms with van der Waals surface area (Å²) in [5.74, 6) is 1.46. The summed E-state index contributed by atoms with van der Waals surface area (Å²) >= 11 is 0. The van der Waals surface area contributed by atoms with E-state index in [0.29, 0.717) is 12.0 Å². The molecule has 0 aliphatic rings. The molecule has 0 saturated heterocycles. The highest BCUT2D eigenvalue weighted by Gasteiger charge is 2.19. The average Bonchev–Trinajstić information content (AvgIpc) is 2.35. The molecule has 1 aromatic carbocycles. The van der Waals surface area contributed by atoms with E-state index in [1.165, 1.54) is 5.56 Å². The van der Waals surface area contributed by atoms with Crippen molar-refractivity contribution in [3.8, 4) is 5.75 Å². The summed E-state index contributed by atoms with van der Waals surface area (Å²) in [6.45, 7) is 2.91. The monoisotopic (exact) mass is 236 g/mol. The third-order valence-electron chi connectivity index (χ3n) is 3.15. The van der Waals surface area contributed by atoms with Gasteiger partial charge in [0, 0.05) is 11.6 Å².